The second-order valence-corrected chi connectivity index (χ2v) is 11.4. The summed E-state index contributed by atoms with van der Waals surface area (Å²) in [6, 6.07) is 0. The van der Waals surface area contributed by atoms with Crippen LogP contribution in [0.15, 0.2) is 0 Å². The van der Waals surface area contributed by atoms with E-state index < -0.39 is 10.4 Å². The molecule has 1 N–H and O–H groups in total. The minimum Gasteiger partial charge on any atom is -0.726 e. The van der Waals surface area contributed by atoms with E-state index in [1.165, 1.54) is 116 Å². The Morgan fingerprint density at radius 3 is 1.18 bits per heavy atom. The lowest BCUT2D eigenvalue weighted by atomic mass is 10.0. The molecule has 0 aliphatic rings. The van der Waals surface area contributed by atoms with Crippen molar-refractivity contribution in [1.29, 1.82) is 0 Å². The summed E-state index contributed by atoms with van der Waals surface area (Å²) in [6.07, 6.45) is 27.1. The Kier molecular flexibility index (Phi) is 25.0. The number of quaternary nitrogens is 1. The molecule has 0 bridgehead atoms. The van der Waals surface area contributed by atoms with Gasteiger partial charge in [0.25, 0.3) is 5.91 Å². The van der Waals surface area contributed by atoms with Gasteiger partial charge in [0.2, 0.25) is 10.4 Å². The Bertz CT molecular complexity index is 548. The van der Waals surface area contributed by atoms with E-state index in [0.717, 1.165) is 13.5 Å². The van der Waals surface area contributed by atoms with Crippen molar-refractivity contribution in [2.75, 3.05) is 28.3 Å². The van der Waals surface area contributed by atoms with Gasteiger partial charge in [0.15, 0.2) is 0 Å². The van der Waals surface area contributed by atoms with Crippen LogP contribution in [0.1, 0.15) is 135 Å². The summed E-state index contributed by atoms with van der Waals surface area (Å²) in [5.74, 6) is 0.180. The van der Waals surface area contributed by atoms with E-state index in [4.69, 9.17) is 0 Å². The maximum Gasteiger partial charge on any atom is 0.264 e. The van der Waals surface area contributed by atoms with Gasteiger partial charge >= 0.3 is 0 Å². The Balaban J connectivity index is 0. The van der Waals surface area contributed by atoms with Crippen LogP contribution >= 0.6 is 0 Å². The molecule has 0 rings (SSSR count). The summed E-state index contributed by atoms with van der Waals surface area (Å²) in [5, 5.41) is 0. The van der Waals surface area contributed by atoms with Crippen molar-refractivity contribution in [2.24, 2.45) is 0 Å². The predicted octanol–water partition coefficient (Wildman–Crippen LogP) is 6.64. The molecule has 0 aromatic carbocycles. The third kappa shape index (κ3) is 35.9. The first kappa shape index (κ1) is 35.5. The first-order valence-electron chi connectivity index (χ1n) is 13.7. The van der Waals surface area contributed by atoms with Crippen molar-refractivity contribution >= 4 is 16.3 Å². The fourth-order valence-electron chi connectivity index (χ4n) is 3.79. The molecule has 0 radical (unpaired) electrons. The molecule has 0 saturated heterocycles. The Morgan fingerprint density at radius 2 is 0.941 bits per heavy atom. The van der Waals surface area contributed by atoms with Gasteiger partial charge in [-0.2, -0.15) is 0 Å². The van der Waals surface area contributed by atoms with E-state index >= 15 is 0 Å². The number of carbonyl (C=O) groups excluding carboxylic acids is 1. The number of hydrogen-bond acceptors (Lipinski definition) is 5. The minimum absolute atomic E-state index is 0.180. The fourth-order valence-corrected chi connectivity index (χ4v) is 3.79. The molecule has 7 nitrogen and oxygen atoms in total. The van der Waals surface area contributed by atoms with Crippen molar-refractivity contribution in [3.05, 3.63) is 0 Å². The number of carbonyl (C=O) groups is 1. The lowest BCUT2D eigenvalue weighted by molar-refractivity contribution is -0.906. The van der Waals surface area contributed by atoms with Gasteiger partial charge < -0.3 is 4.55 Å². The molecular formula is C26H56N2O5S. The lowest BCUT2D eigenvalue weighted by Gasteiger charge is -2.23. The molecule has 0 atom stereocenters. The zero-order valence-corrected chi connectivity index (χ0v) is 23.9. The summed E-state index contributed by atoms with van der Waals surface area (Å²) in [6.45, 7) is 2.29. The van der Waals surface area contributed by atoms with Crippen LogP contribution in [-0.4, -0.2) is 51.7 Å². The molecule has 0 fully saturated rings. The van der Waals surface area contributed by atoms with Crippen LogP contribution in [-0.2, 0) is 19.4 Å². The van der Waals surface area contributed by atoms with Crippen LogP contribution in [0.4, 0.5) is 0 Å². The van der Waals surface area contributed by atoms with E-state index in [9.17, 15) is 17.8 Å². The van der Waals surface area contributed by atoms with Crippen LogP contribution in [0, 0.1) is 0 Å². The van der Waals surface area contributed by atoms with Crippen molar-refractivity contribution in [1.82, 2.24) is 5.43 Å². The molecule has 0 aromatic rings. The van der Waals surface area contributed by atoms with Gasteiger partial charge in [-0.05, 0) is 6.42 Å². The molecule has 0 spiro atoms. The second kappa shape index (κ2) is 24.0. The maximum atomic E-state index is 11.7. The van der Waals surface area contributed by atoms with Gasteiger partial charge in [0.1, 0.15) is 0 Å². The smallest absolute Gasteiger partial charge is 0.264 e. The number of nitrogens with one attached hydrogen (secondary N) is 1. The Labute approximate surface area is 211 Å². The van der Waals surface area contributed by atoms with Gasteiger partial charge in [0, 0.05) is 6.42 Å². The number of unbranched alkanes of at least 4 members (excludes halogenated alkanes) is 18. The molecule has 34 heavy (non-hydrogen) atoms. The maximum absolute atomic E-state index is 11.7. The number of nitrogens with zero attached hydrogens (tertiary/aromatic N) is 1. The average Bonchev–Trinajstić information content (AvgIpc) is 2.74. The van der Waals surface area contributed by atoms with Crippen LogP contribution < -0.4 is 5.43 Å². The van der Waals surface area contributed by atoms with E-state index in [2.05, 4.69) is 16.5 Å². The Morgan fingerprint density at radius 1 is 0.676 bits per heavy atom. The van der Waals surface area contributed by atoms with Crippen molar-refractivity contribution in [3.8, 4) is 0 Å². The summed E-state index contributed by atoms with van der Waals surface area (Å²) >= 11 is 0. The van der Waals surface area contributed by atoms with E-state index in [1.807, 2.05) is 21.1 Å². The average molecular weight is 509 g/mol. The van der Waals surface area contributed by atoms with E-state index in [0.29, 0.717) is 11.0 Å². The molecule has 0 heterocycles. The highest BCUT2D eigenvalue weighted by Crippen LogP contribution is 2.14. The van der Waals surface area contributed by atoms with Crippen LogP contribution in [0.25, 0.3) is 0 Å². The van der Waals surface area contributed by atoms with Gasteiger partial charge in [-0.3, -0.25) is 8.98 Å². The molecule has 8 heteroatoms. The molecule has 0 unspecified atom stereocenters. The summed E-state index contributed by atoms with van der Waals surface area (Å²) in [4.78, 5) is 11.7. The molecule has 0 aliphatic carbocycles. The first-order chi connectivity index (χ1) is 16.0. The quantitative estimate of drug-likeness (QED) is 0.0581. The summed E-state index contributed by atoms with van der Waals surface area (Å²) < 4.78 is 31.5. The largest absolute Gasteiger partial charge is 0.726 e. The van der Waals surface area contributed by atoms with Crippen LogP contribution in [0.2, 0.25) is 0 Å². The fraction of sp³-hybridized carbons (Fsp3) is 0.962. The first-order valence-corrected chi connectivity index (χ1v) is 15.0. The third-order valence-electron chi connectivity index (χ3n) is 5.67. The number of amides is 1. The molecule has 0 aliphatic heterocycles. The molecule has 0 aromatic heterocycles. The SMILES string of the molecule is CCCCCCCCCCCCCCCCCCCCCC(=O)N[N+](C)(C)C.COS(=O)(=O)[O-]. The standard InChI is InChI=1S/C25H52N2O.CH4O4S/c1-5-6-7-8-9-10-11-12-13-14-15-16-17-18-19-20-21-22-23-24-25(28)26-27(2,3)4;1-5-6(2,3)4/h5-24H2,1-4H3;1H3,(H,2,3,4). The highest BCUT2D eigenvalue weighted by molar-refractivity contribution is 7.80. The molecular weight excluding hydrogens is 452 g/mol. The van der Waals surface area contributed by atoms with Gasteiger partial charge in [-0.1, -0.05) is 122 Å². The zero-order chi connectivity index (χ0) is 26.1. The topological polar surface area (TPSA) is 95.5 Å². The van der Waals surface area contributed by atoms with Gasteiger partial charge in [-0.25, -0.2) is 18.4 Å². The van der Waals surface area contributed by atoms with Gasteiger partial charge in [0.05, 0.1) is 28.3 Å². The van der Waals surface area contributed by atoms with Crippen molar-refractivity contribution in [3.63, 3.8) is 0 Å². The Hall–Kier alpha value is -0.700. The summed E-state index contributed by atoms with van der Waals surface area (Å²) in [5.41, 5.74) is 2.98. The molecule has 1 amide bonds. The molecule has 0 saturated carbocycles. The number of rotatable bonds is 22. The predicted molar refractivity (Wildman–Crippen MR) is 141 cm³/mol. The second-order valence-electron chi connectivity index (χ2n) is 10.2. The van der Waals surface area contributed by atoms with E-state index in [-0.39, 0.29) is 5.91 Å². The van der Waals surface area contributed by atoms with Crippen LogP contribution in [0.3, 0.4) is 0 Å². The highest BCUT2D eigenvalue weighted by Gasteiger charge is 2.11. The van der Waals surface area contributed by atoms with Crippen molar-refractivity contribution in [2.45, 2.75) is 135 Å². The third-order valence-corrected chi connectivity index (χ3v) is 6.08. The summed E-state index contributed by atoms with van der Waals surface area (Å²) in [7, 11) is 2.34. The van der Waals surface area contributed by atoms with Crippen molar-refractivity contribution < 1.29 is 26.5 Å². The van der Waals surface area contributed by atoms with Crippen LogP contribution in [0.5, 0.6) is 0 Å². The van der Waals surface area contributed by atoms with E-state index in [1.54, 1.807) is 0 Å². The lowest BCUT2D eigenvalue weighted by Crippen LogP contribution is -2.51. The zero-order valence-electron chi connectivity index (χ0n) is 23.0. The highest BCUT2D eigenvalue weighted by atomic mass is 32.3. The van der Waals surface area contributed by atoms with Gasteiger partial charge in [-0.15, -0.1) is 0 Å². The number of hydrogen-bond donors (Lipinski definition) is 1. The normalized spacial score (nSPS) is 11.7. The minimum atomic E-state index is -4.41. The monoisotopic (exact) mass is 508 g/mol. The molecule has 206 valence electrons.